The summed E-state index contributed by atoms with van der Waals surface area (Å²) in [7, 11) is 5.45. The Labute approximate surface area is 175 Å². The first-order valence-electron chi connectivity index (χ1n) is 9.46. The molecule has 0 radical (unpaired) electrons. The largest absolute Gasteiger partial charge is 0.463 e. The van der Waals surface area contributed by atoms with Crippen molar-refractivity contribution in [1.29, 1.82) is 0 Å². The number of thioether (sulfide) groups is 1. The van der Waals surface area contributed by atoms with Gasteiger partial charge in [0, 0.05) is 0 Å². The molecular weight excluding hydrogens is 388 g/mol. The first kappa shape index (κ1) is 21.1. The Balaban J connectivity index is 1.84. The number of ether oxygens (including phenoxy) is 1. The number of nitrogens with zero attached hydrogens (tertiary/aromatic N) is 4. The first-order valence-corrected chi connectivity index (χ1v) is 10.4. The van der Waals surface area contributed by atoms with Gasteiger partial charge in [-0.3, -0.25) is 4.90 Å². The third kappa shape index (κ3) is 5.07. The van der Waals surface area contributed by atoms with Crippen molar-refractivity contribution in [2.24, 2.45) is 0 Å². The standard InChI is InChI=1S/C21H26N4O3S/c1-5-17(24(2)3)19-22-23-21(25(19)13-15-9-7-6-8-10-15)29-14-16-11-12-18(28-16)20(26)27-4/h6-12,17H,5,13-14H2,1-4H3/t17-/m0/s1. The fourth-order valence-electron chi connectivity index (χ4n) is 3.15. The van der Waals surface area contributed by atoms with Gasteiger partial charge in [-0.15, -0.1) is 10.2 Å². The summed E-state index contributed by atoms with van der Waals surface area (Å²) < 4.78 is 12.4. The van der Waals surface area contributed by atoms with Gasteiger partial charge in [-0.1, -0.05) is 49.0 Å². The summed E-state index contributed by atoms with van der Waals surface area (Å²) in [4.78, 5) is 13.7. The van der Waals surface area contributed by atoms with E-state index in [1.807, 2.05) is 18.2 Å². The molecule has 0 saturated carbocycles. The van der Waals surface area contributed by atoms with Gasteiger partial charge in [0.15, 0.2) is 11.0 Å². The lowest BCUT2D eigenvalue weighted by Crippen LogP contribution is -2.23. The molecule has 0 bridgehead atoms. The smallest absolute Gasteiger partial charge is 0.373 e. The molecule has 3 aromatic rings. The van der Waals surface area contributed by atoms with E-state index in [2.05, 4.69) is 52.8 Å². The van der Waals surface area contributed by atoms with E-state index in [-0.39, 0.29) is 11.8 Å². The lowest BCUT2D eigenvalue weighted by Gasteiger charge is -2.23. The Morgan fingerprint density at radius 3 is 2.62 bits per heavy atom. The monoisotopic (exact) mass is 414 g/mol. The van der Waals surface area contributed by atoms with Crippen molar-refractivity contribution in [2.45, 2.75) is 36.8 Å². The Morgan fingerprint density at radius 2 is 1.97 bits per heavy atom. The van der Waals surface area contributed by atoms with Gasteiger partial charge in [-0.2, -0.15) is 0 Å². The molecule has 3 rings (SSSR count). The summed E-state index contributed by atoms with van der Waals surface area (Å²) in [6, 6.07) is 13.9. The molecule has 0 aliphatic heterocycles. The zero-order chi connectivity index (χ0) is 20.8. The third-order valence-corrected chi connectivity index (χ3v) is 5.62. The summed E-state index contributed by atoms with van der Waals surface area (Å²) >= 11 is 1.54. The molecule has 2 aromatic heterocycles. The molecule has 154 valence electrons. The van der Waals surface area contributed by atoms with Crippen LogP contribution in [0.3, 0.4) is 0 Å². The molecule has 0 amide bonds. The molecule has 1 aromatic carbocycles. The zero-order valence-electron chi connectivity index (χ0n) is 17.2. The summed E-state index contributed by atoms with van der Waals surface area (Å²) in [5.74, 6) is 1.90. The minimum absolute atomic E-state index is 0.176. The third-order valence-electron chi connectivity index (χ3n) is 4.63. The molecule has 29 heavy (non-hydrogen) atoms. The van der Waals surface area contributed by atoms with Crippen LogP contribution < -0.4 is 0 Å². The van der Waals surface area contributed by atoms with E-state index in [1.165, 1.54) is 24.4 Å². The Hall–Kier alpha value is -2.58. The molecule has 0 fully saturated rings. The van der Waals surface area contributed by atoms with Gasteiger partial charge in [0.2, 0.25) is 5.76 Å². The molecule has 8 heteroatoms. The zero-order valence-corrected chi connectivity index (χ0v) is 18.0. The SMILES string of the molecule is CC[C@@H](c1nnc(SCc2ccc(C(=O)OC)o2)n1Cc1ccccc1)N(C)C. The van der Waals surface area contributed by atoms with Crippen molar-refractivity contribution in [2.75, 3.05) is 21.2 Å². The lowest BCUT2D eigenvalue weighted by atomic mass is 10.2. The van der Waals surface area contributed by atoms with Crippen LogP contribution in [0.15, 0.2) is 52.0 Å². The fourth-order valence-corrected chi connectivity index (χ4v) is 3.99. The first-order chi connectivity index (χ1) is 14.0. The minimum Gasteiger partial charge on any atom is -0.463 e. The minimum atomic E-state index is -0.479. The maximum Gasteiger partial charge on any atom is 0.373 e. The number of rotatable bonds is 9. The van der Waals surface area contributed by atoms with Crippen LogP contribution in [-0.2, 0) is 17.0 Å². The van der Waals surface area contributed by atoms with E-state index in [0.717, 1.165) is 17.4 Å². The van der Waals surface area contributed by atoms with Crippen LogP contribution in [0.1, 0.15) is 47.1 Å². The predicted molar refractivity (Wildman–Crippen MR) is 112 cm³/mol. The lowest BCUT2D eigenvalue weighted by molar-refractivity contribution is 0.0563. The second-order valence-corrected chi connectivity index (χ2v) is 7.79. The summed E-state index contributed by atoms with van der Waals surface area (Å²) in [5.41, 5.74) is 1.19. The molecular formula is C21H26N4O3S. The number of hydrogen-bond donors (Lipinski definition) is 0. The van der Waals surface area contributed by atoms with Gasteiger partial charge in [-0.25, -0.2) is 4.79 Å². The number of esters is 1. The summed E-state index contributed by atoms with van der Waals surface area (Å²) in [6.45, 7) is 2.84. The maximum atomic E-state index is 11.6. The highest BCUT2D eigenvalue weighted by molar-refractivity contribution is 7.98. The summed E-state index contributed by atoms with van der Waals surface area (Å²) in [6.07, 6.45) is 0.936. The van der Waals surface area contributed by atoms with Gasteiger partial charge < -0.3 is 13.7 Å². The number of benzene rings is 1. The number of carbonyl (C=O) groups is 1. The van der Waals surface area contributed by atoms with Gasteiger partial charge in [-0.05, 0) is 38.2 Å². The highest BCUT2D eigenvalue weighted by Gasteiger charge is 2.22. The molecule has 7 nitrogen and oxygen atoms in total. The molecule has 0 unspecified atom stereocenters. The molecule has 0 aliphatic carbocycles. The fraction of sp³-hybridized carbons (Fsp3) is 0.381. The average molecular weight is 415 g/mol. The Kier molecular flexibility index (Phi) is 7.11. The van der Waals surface area contributed by atoms with E-state index in [1.54, 1.807) is 12.1 Å². The van der Waals surface area contributed by atoms with Crippen molar-refractivity contribution in [3.8, 4) is 0 Å². The van der Waals surface area contributed by atoms with Crippen LogP contribution in [0.5, 0.6) is 0 Å². The molecule has 2 heterocycles. The second kappa shape index (κ2) is 9.76. The number of aromatic nitrogens is 3. The van der Waals surface area contributed by atoms with Crippen molar-refractivity contribution in [3.63, 3.8) is 0 Å². The predicted octanol–water partition coefficient (Wildman–Crippen LogP) is 4.01. The van der Waals surface area contributed by atoms with E-state index in [9.17, 15) is 4.79 Å². The van der Waals surface area contributed by atoms with Crippen LogP contribution in [0.4, 0.5) is 0 Å². The normalized spacial score (nSPS) is 12.3. The molecule has 1 atom stereocenters. The Morgan fingerprint density at radius 1 is 1.21 bits per heavy atom. The summed E-state index contributed by atoms with van der Waals surface area (Å²) in [5, 5.41) is 9.78. The van der Waals surface area contributed by atoms with Crippen molar-refractivity contribution < 1.29 is 13.9 Å². The second-order valence-electron chi connectivity index (χ2n) is 6.85. The molecule has 0 aliphatic rings. The van der Waals surface area contributed by atoms with Crippen molar-refractivity contribution in [1.82, 2.24) is 19.7 Å². The number of hydrogen-bond acceptors (Lipinski definition) is 7. The van der Waals surface area contributed by atoms with Crippen LogP contribution in [-0.4, -0.2) is 46.8 Å². The van der Waals surface area contributed by atoms with Crippen LogP contribution >= 0.6 is 11.8 Å². The molecule has 0 saturated heterocycles. The highest BCUT2D eigenvalue weighted by atomic mass is 32.2. The van der Waals surface area contributed by atoms with E-state index in [4.69, 9.17) is 9.15 Å². The van der Waals surface area contributed by atoms with Crippen molar-refractivity contribution >= 4 is 17.7 Å². The maximum absolute atomic E-state index is 11.6. The molecule has 0 spiro atoms. The van der Waals surface area contributed by atoms with Crippen LogP contribution in [0.2, 0.25) is 0 Å². The van der Waals surface area contributed by atoms with Crippen LogP contribution in [0.25, 0.3) is 0 Å². The number of carbonyl (C=O) groups excluding carboxylic acids is 1. The van der Waals surface area contributed by atoms with Gasteiger partial charge >= 0.3 is 5.97 Å². The number of methoxy groups -OCH3 is 1. The topological polar surface area (TPSA) is 73.4 Å². The quantitative estimate of drug-likeness (QED) is 0.387. The van der Waals surface area contributed by atoms with Crippen molar-refractivity contribution in [3.05, 3.63) is 65.4 Å². The average Bonchev–Trinajstić information content (AvgIpc) is 3.35. The molecule has 0 N–H and O–H groups in total. The van der Waals surface area contributed by atoms with E-state index < -0.39 is 5.97 Å². The number of furan rings is 1. The van der Waals surface area contributed by atoms with E-state index in [0.29, 0.717) is 18.1 Å². The van der Waals surface area contributed by atoms with Gasteiger partial charge in [0.1, 0.15) is 5.76 Å². The Bertz CT molecular complexity index is 937. The van der Waals surface area contributed by atoms with E-state index >= 15 is 0 Å². The highest BCUT2D eigenvalue weighted by Crippen LogP contribution is 2.28. The van der Waals surface area contributed by atoms with Crippen LogP contribution in [0, 0.1) is 0 Å². The van der Waals surface area contributed by atoms with Gasteiger partial charge in [0.25, 0.3) is 0 Å². The van der Waals surface area contributed by atoms with Gasteiger partial charge in [0.05, 0.1) is 25.4 Å².